The number of pyridine rings is 1. The molecule has 0 saturated carbocycles. The zero-order chi connectivity index (χ0) is 30.5. The predicted molar refractivity (Wildman–Crippen MR) is 189 cm³/mol. The van der Waals surface area contributed by atoms with Crippen LogP contribution in [0.25, 0.3) is 88.5 Å². The first kappa shape index (κ1) is 26.2. The highest BCUT2D eigenvalue weighted by Crippen LogP contribution is 2.39. The van der Waals surface area contributed by atoms with Crippen LogP contribution >= 0.6 is 0 Å². The zero-order valence-electron chi connectivity index (χ0n) is 24.8. The first-order valence-corrected chi connectivity index (χ1v) is 15.4. The Morgan fingerprint density at radius 2 is 0.891 bits per heavy atom. The van der Waals surface area contributed by atoms with Gasteiger partial charge in [0.15, 0.2) is 17.5 Å². The van der Waals surface area contributed by atoms with Crippen molar-refractivity contribution in [1.29, 1.82) is 0 Å². The minimum Gasteiger partial charge on any atom is -0.255 e. The normalized spacial score (nSPS) is 11.5. The molecule has 9 aromatic rings. The van der Waals surface area contributed by atoms with Crippen molar-refractivity contribution in [3.63, 3.8) is 0 Å². The van der Waals surface area contributed by atoms with E-state index in [0.717, 1.165) is 27.9 Å². The van der Waals surface area contributed by atoms with Gasteiger partial charge in [-0.2, -0.15) is 0 Å². The summed E-state index contributed by atoms with van der Waals surface area (Å²) in [6.07, 6.45) is 1.88. The van der Waals surface area contributed by atoms with Gasteiger partial charge < -0.3 is 0 Å². The van der Waals surface area contributed by atoms with Crippen LogP contribution in [0.15, 0.2) is 158 Å². The third-order valence-corrected chi connectivity index (χ3v) is 8.74. The first-order chi connectivity index (χ1) is 22.8. The Morgan fingerprint density at radius 3 is 1.59 bits per heavy atom. The Balaban J connectivity index is 1.21. The molecule has 4 nitrogen and oxygen atoms in total. The highest BCUT2D eigenvalue weighted by Gasteiger charge is 2.15. The Bertz CT molecular complexity index is 2500. The average Bonchev–Trinajstić information content (AvgIpc) is 3.14. The number of rotatable bonds is 4. The molecule has 0 fully saturated rings. The van der Waals surface area contributed by atoms with Crippen LogP contribution in [-0.4, -0.2) is 19.9 Å². The van der Waals surface area contributed by atoms with E-state index in [0.29, 0.717) is 17.5 Å². The summed E-state index contributed by atoms with van der Waals surface area (Å²) >= 11 is 0. The quantitative estimate of drug-likeness (QED) is 0.193. The maximum Gasteiger partial charge on any atom is 0.165 e. The van der Waals surface area contributed by atoms with Gasteiger partial charge in [0.25, 0.3) is 0 Å². The molecular formula is C42H26N4. The van der Waals surface area contributed by atoms with E-state index in [9.17, 15) is 0 Å². The summed E-state index contributed by atoms with van der Waals surface area (Å²) in [7, 11) is 0. The minimum absolute atomic E-state index is 0.591. The Morgan fingerprint density at radius 1 is 0.326 bits per heavy atom. The molecule has 0 aliphatic rings. The van der Waals surface area contributed by atoms with E-state index in [1.807, 2.05) is 66.9 Å². The molecule has 0 unspecified atom stereocenters. The highest BCUT2D eigenvalue weighted by molar-refractivity contribution is 6.27. The van der Waals surface area contributed by atoms with Crippen molar-refractivity contribution in [2.45, 2.75) is 0 Å². The largest absolute Gasteiger partial charge is 0.255 e. The second kappa shape index (κ2) is 10.7. The van der Waals surface area contributed by atoms with E-state index in [4.69, 9.17) is 19.9 Å². The van der Waals surface area contributed by atoms with E-state index in [-0.39, 0.29) is 0 Å². The lowest BCUT2D eigenvalue weighted by Gasteiger charge is -2.14. The smallest absolute Gasteiger partial charge is 0.165 e. The van der Waals surface area contributed by atoms with Crippen molar-refractivity contribution in [1.82, 2.24) is 19.9 Å². The van der Waals surface area contributed by atoms with Crippen molar-refractivity contribution in [3.05, 3.63) is 158 Å². The first-order valence-electron chi connectivity index (χ1n) is 15.4. The van der Waals surface area contributed by atoms with Crippen LogP contribution in [0, 0.1) is 0 Å². The van der Waals surface area contributed by atoms with Crippen LogP contribution in [0.2, 0.25) is 0 Å². The van der Waals surface area contributed by atoms with Gasteiger partial charge >= 0.3 is 0 Å². The number of nitrogens with zero attached hydrogens (tertiary/aromatic N) is 4. The van der Waals surface area contributed by atoms with Gasteiger partial charge in [0.1, 0.15) is 0 Å². The molecular weight excluding hydrogens is 560 g/mol. The van der Waals surface area contributed by atoms with Crippen LogP contribution in [0.1, 0.15) is 0 Å². The minimum atomic E-state index is 0.591. The van der Waals surface area contributed by atoms with Gasteiger partial charge in [-0.25, -0.2) is 15.0 Å². The molecule has 4 heteroatoms. The summed E-state index contributed by atoms with van der Waals surface area (Å²) in [5.41, 5.74) is 4.72. The summed E-state index contributed by atoms with van der Waals surface area (Å²) in [4.78, 5) is 19.6. The lowest BCUT2D eigenvalue weighted by molar-refractivity contribution is 1.07. The summed E-state index contributed by atoms with van der Waals surface area (Å²) in [6.45, 7) is 0. The van der Waals surface area contributed by atoms with Gasteiger partial charge in [0.2, 0.25) is 0 Å². The van der Waals surface area contributed by atoms with Gasteiger partial charge in [0, 0.05) is 28.5 Å². The number of benzene rings is 7. The molecule has 46 heavy (non-hydrogen) atoms. The maximum absolute atomic E-state index is 5.02. The lowest BCUT2D eigenvalue weighted by atomic mass is 9.91. The van der Waals surface area contributed by atoms with Crippen molar-refractivity contribution in [2.24, 2.45) is 0 Å². The zero-order valence-corrected chi connectivity index (χ0v) is 24.8. The van der Waals surface area contributed by atoms with Gasteiger partial charge in [-0.3, -0.25) is 4.98 Å². The Labute approximate surface area is 265 Å². The molecule has 2 aromatic heterocycles. The van der Waals surface area contributed by atoms with Gasteiger partial charge in [0.05, 0.1) is 5.69 Å². The third-order valence-electron chi connectivity index (χ3n) is 8.74. The number of fused-ring (bicyclic) bond motifs is 7. The molecule has 0 atom stereocenters. The van der Waals surface area contributed by atoms with Gasteiger partial charge in [-0.05, 0) is 55.2 Å². The summed E-state index contributed by atoms with van der Waals surface area (Å²) < 4.78 is 0. The average molecular weight is 587 g/mol. The summed E-state index contributed by atoms with van der Waals surface area (Å²) in [5.74, 6) is 1.86. The van der Waals surface area contributed by atoms with Crippen LogP contribution in [0.3, 0.4) is 0 Å². The van der Waals surface area contributed by atoms with E-state index < -0.39 is 0 Å². The molecule has 0 N–H and O–H groups in total. The van der Waals surface area contributed by atoms with E-state index in [1.165, 1.54) is 43.1 Å². The molecule has 214 valence electrons. The molecule has 0 bridgehead atoms. The van der Waals surface area contributed by atoms with Gasteiger partial charge in [-0.15, -0.1) is 0 Å². The molecule has 2 heterocycles. The van der Waals surface area contributed by atoms with Crippen molar-refractivity contribution in [2.75, 3.05) is 0 Å². The van der Waals surface area contributed by atoms with Crippen LogP contribution in [0.5, 0.6) is 0 Å². The fraction of sp³-hybridized carbons (Fsp3) is 0. The molecule has 0 aliphatic heterocycles. The van der Waals surface area contributed by atoms with Crippen molar-refractivity contribution < 1.29 is 0 Å². The lowest BCUT2D eigenvalue weighted by Crippen LogP contribution is -2.00. The van der Waals surface area contributed by atoms with Crippen LogP contribution in [0.4, 0.5) is 0 Å². The molecule has 9 rings (SSSR count). The van der Waals surface area contributed by atoms with Crippen LogP contribution < -0.4 is 0 Å². The Kier molecular flexibility index (Phi) is 6.10. The number of hydrogen-bond donors (Lipinski definition) is 0. The molecule has 7 aromatic carbocycles. The molecule has 0 spiro atoms. The number of aromatic nitrogens is 4. The second-order valence-corrected chi connectivity index (χ2v) is 11.5. The van der Waals surface area contributed by atoms with Crippen LogP contribution in [-0.2, 0) is 0 Å². The molecule has 0 saturated heterocycles. The maximum atomic E-state index is 5.02. The fourth-order valence-electron chi connectivity index (χ4n) is 6.53. The van der Waals surface area contributed by atoms with E-state index >= 15 is 0 Å². The monoisotopic (exact) mass is 586 g/mol. The standard InChI is InChI=1S/C42H26N4/c1-3-11-30(12-4-1)40-44-41(31-13-5-2-6-14-31)46-42(45-40)32-22-25-37(43-26-32)36-17-9-15-28-18-19-29-21-23-34-33-16-8-7-10-27(33)20-24-35(34)38(29)39(28)36/h1-26H. The summed E-state index contributed by atoms with van der Waals surface area (Å²) in [5, 5.41) is 9.88. The molecule has 0 aliphatic carbocycles. The number of hydrogen-bond acceptors (Lipinski definition) is 4. The SMILES string of the molecule is c1ccc(-c2nc(-c3ccccc3)nc(-c3ccc(-c4cccc5ccc6ccc7c8ccccc8ccc7c6c45)nc3)n2)cc1. The van der Waals surface area contributed by atoms with Gasteiger partial charge in [-0.1, -0.05) is 140 Å². The highest BCUT2D eigenvalue weighted by atomic mass is 15.0. The third kappa shape index (κ3) is 4.39. The Hall–Kier alpha value is -6.26. The second-order valence-electron chi connectivity index (χ2n) is 11.5. The topological polar surface area (TPSA) is 51.6 Å². The summed E-state index contributed by atoms with van der Waals surface area (Å²) in [6, 6.07) is 52.7. The molecule has 0 radical (unpaired) electrons. The molecule has 0 amide bonds. The fourth-order valence-corrected chi connectivity index (χ4v) is 6.53. The van der Waals surface area contributed by atoms with Crippen molar-refractivity contribution in [3.8, 4) is 45.4 Å². The van der Waals surface area contributed by atoms with E-state index in [2.05, 4.69) is 91.0 Å². The van der Waals surface area contributed by atoms with Crippen molar-refractivity contribution >= 4 is 43.1 Å². The van der Waals surface area contributed by atoms with E-state index in [1.54, 1.807) is 0 Å². The predicted octanol–water partition coefficient (Wildman–Crippen LogP) is 10.5.